The summed E-state index contributed by atoms with van der Waals surface area (Å²) in [6.45, 7) is 3.90. The Bertz CT molecular complexity index is 500. The Hall–Kier alpha value is -1.62. The Labute approximate surface area is 105 Å². The van der Waals surface area contributed by atoms with Crippen LogP contribution >= 0.6 is 11.8 Å². The maximum absolute atomic E-state index is 4.32. The molecule has 1 heterocycles. The number of hydrogen-bond donors (Lipinski definition) is 0. The van der Waals surface area contributed by atoms with Crippen molar-refractivity contribution in [2.24, 2.45) is 5.10 Å². The Morgan fingerprint density at radius 2 is 2.06 bits per heavy atom. The highest BCUT2D eigenvalue weighted by molar-refractivity contribution is 7.98. The molecule has 0 aliphatic carbocycles. The van der Waals surface area contributed by atoms with Crippen molar-refractivity contribution in [1.29, 1.82) is 0 Å². The van der Waals surface area contributed by atoms with Gasteiger partial charge in [-0.15, -0.1) is 10.2 Å². The number of benzene rings is 1. The number of aromatic nitrogens is 3. The average Bonchev–Trinajstić information content (AvgIpc) is 2.74. The van der Waals surface area contributed by atoms with Crippen molar-refractivity contribution in [3.05, 3.63) is 42.2 Å². The first-order valence-electron chi connectivity index (χ1n) is 5.34. The van der Waals surface area contributed by atoms with Gasteiger partial charge in [-0.2, -0.15) is 9.78 Å². The van der Waals surface area contributed by atoms with Gasteiger partial charge in [-0.1, -0.05) is 42.1 Å². The fourth-order valence-corrected chi connectivity index (χ4v) is 2.13. The maximum Gasteiger partial charge on any atom is 0.212 e. The topological polar surface area (TPSA) is 43.1 Å². The van der Waals surface area contributed by atoms with Gasteiger partial charge in [0.15, 0.2) is 0 Å². The van der Waals surface area contributed by atoms with Crippen LogP contribution in [0.1, 0.15) is 19.4 Å². The van der Waals surface area contributed by atoms with E-state index in [1.807, 2.05) is 32.0 Å². The monoisotopic (exact) mass is 246 g/mol. The third-order valence-corrected chi connectivity index (χ3v) is 3.02. The molecule has 0 aliphatic rings. The van der Waals surface area contributed by atoms with Gasteiger partial charge >= 0.3 is 0 Å². The van der Waals surface area contributed by atoms with E-state index in [0.717, 1.165) is 16.6 Å². The van der Waals surface area contributed by atoms with Crippen molar-refractivity contribution in [3.8, 4) is 0 Å². The van der Waals surface area contributed by atoms with E-state index in [1.165, 1.54) is 5.56 Å². The van der Waals surface area contributed by atoms with Crippen LogP contribution in [0.25, 0.3) is 0 Å². The Morgan fingerprint density at radius 3 is 2.76 bits per heavy atom. The number of thioether (sulfide) groups is 1. The second-order valence-corrected chi connectivity index (χ2v) is 4.72. The number of hydrogen-bond acceptors (Lipinski definition) is 4. The van der Waals surface area contributed by atoms with E-state index in [2.05, 4.69) is 27.4 Å². The molecule has 0 aliphatic heterocycles. The van der Waals surface area contributed by atoms with Gasteiger partial charge in [-0.05, 0) is 19.4 Å². The third kappa shape index (κ3) is 3.42. The summed E-state index contributed by atoms with van der Waals surface area (Å²) in [7, 11) is 0. The van der Waals surface area contributed by atoms with Crippen LogP contribution in [-0.2, 0) is 5.75 Å². The fraction of sp³-hybridized carbons (Fsp3) is 0.250. The molecule has 0 saturated heterocycles. The fourth-order valence-electron chi connectivity index (χ4n) is 1.32. The van der Waals surface area contributed by atoms with Crippen LogP contribution in [0.3, 0.4) is 0 Å². The molecule has 0 fully saturated rings. The Balaban J connectivity index is 2.05. The van der Waals surface area contributed by atoms with Crippen molar-refractivity contribution in [2.75, 3.05) is 0 Å². The summed E-state index contributed by atoms with van der Waals surface area (Å²) >= 11 is 1.63. The smallest absolute Gasteiger partial charge is 0.195 e. The normalized spacial score (nSPS) is 10.2. The van der Waals surface area contributed by atoms with Crippen molar-refractivity contribution < 1.29 is 0 Å². The van der Waals surface area contributed by atoms with Crippen LogP contribution in [0.2, 0.25) is 0 Å². The molecule has 0 unspecified atom stereocenters. The SMILES string of the molecule is CC(C)=Nn1cnnc1SCc1ccccc1. The van der Waals surface area contributed by atoms with Gasteiger partial charge < -0.3 is 0 Å². The molecule has 1 aromatic carbocycles. The minimum Gasteiger partial charge on any atom is -0.195 e. The summed E-state index contributed by atoms with van der Waals surface area (Å²) in [5.41, 5.74) is 2.25. The number of nitrogens with zero attached hydrogens (tertiary/aromatic N) is 4. The van der Waals surface area contributed by atoms with Gasteiger partial charge in [0.1, 0.15) is 6.33 Å². The lowest BCUT2D eigenvalue weighted by Crippen LogP contribution is -1.94. The van der Waals surface area contributed by atoms with E-state index in [1.54, 1.807) is 22.8 Å². The predicted octanol–water partition coefficient (Wildman–Crippen LogP) is 2.81. The molecular formula is C12H14N4S. The zero-order valence-corrected chi connectivity index (χ0v) is 10.7. The molecule has 17 heavy (non-hydrogen) atoms. The van der Waals surface area contributed by atoms with E-state index in [-0.39, 0.29) is 0 Å². The first kappa shape index (κ1) is 11.9. The van der Waals surface area contributed by atoms with Gasteiger partial charge in [0, 0.05) is 11.5 Å². The van der Waals surface area contributed by atoms with Crippen molar-refractivity contribution in [2.45, 2.75) is 24.8 Å². The molecule has 0 N–H and O–H groups in total. The molecule has 0 saturated carbocycles. The third-order valence-electron chi connectivity index (χ3n) is 2.02. The van der Waals surface area contributed by atoms with E-state index in [4.69, 9.17) is 0 Å². The molecule has 5 heteroatoms. The van der Waals surface area contributed by atoms with E-state index in [9.17, 15) is 0 Å². The summed E-state index contributed by atoms with van der Waals surface area (Å²) in [5, 5.41) is 13.1. The highest BCUT2D eigenvalue weighted by atomic mass is 32.2. The molecular weight excluding hydrogens is 232 g/mol. The summed E-state index contributed by atoms with van der Waals surface area (Å²) in [6, 6.07) is 10.3. The maximum atomic E-state index is 4.32. The molecule has 0 atom stereocenters. The lowest BCUT2D eigenvalue weighted by Gasteiger charge is -2.01. The summed E-state index contributed by atoms with van der Waals surface area (Å²) < 4.78 is 1.71. The highest BCUT2D eigenvalue weighted by Gasteiger charge is 2.04. The Kier molecular flexibility index (Phi) is 3.93. The van der Waals surface area contributed by atoms with Gasteiger partial charge in [0.05, 0.1) is 0 Å². The minimum absolute atomic E-state index is 0.815. The van der Waals surface area contributed by atoms with Crippen molar-refractivity contribution in [1.82, 2.24) is 14.9 Å². The lowest BCUT2D eigenvalue weighted by molar-refractivity contribution is 0.761. The average molecular weight is 246 g/mol. The Morgan fingerprint density at radius 1 is 1.29 bits per heavy atom. The highest BCUT2D eigenvalue weighted by Crippen LogP contribution is 2.20. The van der Waals surface area contributed by atoms with Crippen LogP contribution in [0.4, 0.5) is 0 Å². The quantitative estimate of drug-likeness (QED) is 0.615. The van der Waals surface area contributed by atoms with Gasteiger partial charge in [-0.3, -0.25) is 0 Å². The molecule has 0 amide bonds. The molecule has 4 nitrogen and oxygen atoms in total. The zero-order valence-electron chi connectivity index (χ0n) is 9.87. The van der Waals surface area contributed by atoms with Crippen LogP contribution in [0, 0.1) is 0 Å². The molecule has 2 rings (SSSR count). The summed E-state index contributed by atoms with van der Waals surface area (Å²) in [4.78, 5) is 0. The van der Waals surface area contributed by atoms with Gasteiger partial charge in [0.25, 0.3) is 0 Å². The van der Waals surface area contributed by atoms with Crippen LogP contribution in [0.15, 0.2) is 46.9 Å². The van der Waals surface area contributed by atoms with Crippen molar-refractivity contribution in [3.63, 3.8) is 0 Å². The predicted molar refractivity (Wildman–Crippen MR) is 70.2 cm³/mol. The molecule has 0 spiro atoms. The second-order valence-electron chi connectivity index (χ2n) is 3.78. The van der Waals surface area contributed by atoms with Crippen LogP contribution in [-0.4, -0.2) is 20.6 Å². The number of rotatable bonds is 4. The molecule has 0 radical (unpaired) electrons. The summed E-state index contributed by atoms with van der Waals surface area (Å²) in [6.07, 6.45) is 1.63. The van der Waals surface area contributed by atoms with Crippen LogP contribution < -0.4 is 0 Å². The van der Waals surface area contributed by atoms with E-state index >= 15 is 0 Å². The lowest BCUT2D eigenvalue weighted by atomic mass is 10.2. The van der Waals surface area contributed by atoms with Gasteiger partial charge in [0.2, 0.25) is 5.16 Å². The second kappa shape index (κ2) is 5.63. The largest absolute Gasteiger partial charge is 0.212 e. The van der Waals surface area contributed by atoms with Gasteiger partial charge in [-0.25, -0.2) is 0 Å². The zero-order chi connectivity index (χ0) is 12.1. The van der Waals surface area contributed by atoms with Crippen molar-refractivity contribution >= 4 is 17.5 Å². The standard InChI is InChI=1S/C12H14N4S/c1-10(2)15-16-9-13-14-12(16)17-8-11-6-4-3-5-7-11/h3-7,9H,8H2,1-2H3. The van der Waals surface area contributed by atoms with Crippen LogP contribution in [0.5, 0.6) is 0 Å². The van der Waals surface area contributed by atoms with E-state index in [0.29, 0.717) is 0 Å². The molecule has 2 aromatic rings. The molecule has 1 aromatic heterocycles. The molecule has 0 bridgehead atoms. The van der Waals surface area contributed by atoms with E-state index < -0.39 is 0 Å². The minimum atomic E-state index is 0.815. The first-order valence-corrected chi connectivity index (χ1v) is 6.33. The first-order chi connectivity index (χ1) is 8.25. The molecule has 88 valence electrons. The summed E-state index contributed by atoms with van der Waals surface area (Å²) in [5.74, 6) is 0.873.